The minimum absolute atomic E-state index is 0.287. The molecule has 3 aromatic carbocycles. The molecule has 0 unspecified atom stereocenters. The number of aliphatic hydroxyl groups is 1. The summed E-state index contributed by atoms with van der Waals surface area (Å²) in [4.78, 5) is 24.7. The molecule has 6 rings (SSSR count). The van der Waals surface area contributed by atoms with Crippen LogP contribution < -0.4 is 40.2 Å². The van der Waals surface area contributed by atoms with Gasteiger partial charge in [0.2, 0.25) is 10.0 Å². The smallest absolute Gasteiger partial charge is 0.407 e. The van der Waals surface area contributed by atoms with Crippen LogP contribution in [0.1, 0.15) is 91.4 Å². The van der Waals surface area contributed by atoms with Gasteiger partial charge in [0, 0.05) is 91.0 Å². The van der Waals surface area contributed by atoms with E-state index in [1.165, 1.54) is 6.26 Å². The van der Waals surface area contributed by atoms with Crippen molar-refractivity contribution in [3.8, 4) is 17.2 Å². The van der Waals surface area contributed by atoms with Gasteiger partial charge in [-0.25, -0.2) is 17.9 Å². The van der Waals surface area contributed by atoms with Crippen LogP contribution in [0.4, 0.5) is 21.9 Å². The highest BCUT2D eigenvalue weighted by Crippen LogP contribution is 2.31. The fourth-order valence-electron chi connectivity index (χ4n) is 7.50. The lowest BCUT2D eigenvalue weighted by Crippen LogP contribution is -2.33. The van der Waals surface area contributed by atoms with Crippen molar-refractivity contribution in [3.63, 3.8) is 0 Å². The molecule has 17 heteroatoms. The van der Waals surface area contributed by atoms with Gasteiger partial charge in [-0.15, -0.1) is 0 Å². The fourth-order valence-corrected chi connectivity index (χ4v) is 8.01. The number of methoxy groups -OCH3 is 3. The summed E-state index contributed by atoms with van der Waals surface area (Å²) in [7, 11) is 1.88. The maximum atomic E-state index is 11.5. The third-order valence-corrected chi connectivity index (χ3v) is 11.7. The Labute approximate surface area is 420 Å². The molecule has 3 heterocycles. The first-order valence-corrected chi connectivity index (χ1v) is 26.3. The monoisotopic (exact) mass is 997 g/mol. The summed E-state index contributed by atoms with van der Waals surface area (Å²) in [6.07, 6.45) is 17.0. The molecule has 0 spiro atoms. The zero-order chi connectivity index (χ0) is 51.5. The molecule has 0 fully saturated rings. The molecule has 16 nitrogen and oxygen atoms in total. The molecular formula is C54H76N8O8S. The Morgan fingerprint density at radius 3 is 1.30 bits per heavy atom. The van der Waals surface area contributed by atoms with Crippen LogP contribution in [0.5, 0.6) is 17.2 Å². The second-order valence-corrected chi connectivity index (χ2v) is 19.7. The molecule has 386 valence electrons. The predicted molar refractivity (Wildman–Crippen MR) is 290 cm³/mol. The number of carbonyl (C=O) groups excluding carboxylic acids is 1. The average Bonchev–Trinajstić information content (AvgIpc) is 3.34. The lowest BCUT2D eigenvalue weighted by atomic mass is 10.1. The largest absolute Gasteiger partial charge is 0.513 e. The Hall–Kier alpha value is -6.59. The van der Waals surface area contributed by atoms with E-state index in [0.29, 0.717) is 19.5 Å². The number of sulfonamides is 1. The predicted octanol–water partition coefficient (Wildman–Crippen LogP) is 11.4. The van der Waals surface area contributed by atoms with Crippen LogP contribution in [-0.2, 0) is 14.8 Å². The summed E-state index contributed by atoms with van der Waals surface area (Å²) in [5.41, 5.74) is 5.32. The maximum absolute atomic E-state index is 11.5. The third-order valence-electron chi connectivity index (χ3n) is 10.9. The van der Waals surface area contributed by atoms with Gasteiger partial charge in [-0.05, 0) is 102 Å². The van der Waals surface area contributed by atoms with E-state index in [4.69, 9.17) is 24.1 Å². The first-order valence-electron chi connectivity index (χ1n) is 24.4. The number of alkyl carbamates (subject to hydrolysis) is 1. The summed E-state index contributed by atoms with van der Waals surface area (Å²) < 4.78 is 45.6. The number of hydrogen-bond donors (Lipinski definition) is 6. The van der Waals surface area contributed by atoms with E-state index in [9.17, 15) is 13.2 Å². The number of amides is 1. The number of fused-ring (bicyclic) bond motifs is 3. The van der Waals surface area contributed by atoms with Crippen molar-refractivity contribution < 1.29 is 37.3 Å². The molecule has 0 bridgehead atoms. The lowest BCUT2D eigenvalue weighted by molar-refractivity contribution is 0.0527. The highest BCUT2D eigenvalue weighted by atomic mass is 32.2. The van der Waals surface area contributed by atoms with Crippen LogP contribution in [0.2, 0.25) is 0 Å². The number of ether oxygens (including phenoxy) is 4. The summed E-state index contributed by atoms with van der Waals surface area (Å²) >= 11 is 0. The number of pyridine rings is 3. The SMILES string of the molecule is C=C(O)CCCCCCNc1ccnc2c(OC)cccc12.COc1cccc2c(NCCCCCNC(=O)OC(C)(C)C)ccnc12.COc1cccc2c(NCCCCCNS(C)(=O)=O)ccnc12. The molecule has 0 atom stereocenters. The van der Waals surface area contributed by atoms with Gasteiger partial charge < -0.3 is 45.3 Å². The van der Waals surface area contributed by atoms with Crippen molar-refractivity contribution in [3.05, 3.63) is 104 Å². The van der Waals surface area contributed by atoms with E-state index in [1.807, 2.05) is 87.5 Å². The van der Waals surface area contributed by atoms with Gasteiger partial charge in [0.25, 0.3) is 0 Å². The van der Waals surface area contributed by atoms with Gasteiger partial charge >= 0.3 is 6.09 Å². The topological polar surface area (TPSA) is 207 Å². The van der Waals surface area contributed by atoms with E-state index in [2.05, 4.69) is 53.6 Å². The molecule has 71 heavy (non-hydrogen) atoms. The number of nitrogens with one attached hydrogen (secondary N) is 5. The van der Waals surface area contributed by atoms with E-state index in [1.54, 1.807) is 39.9 Å². The second kappa shape index (κ2) is 30.2. The molecule has 0 saturated carbocycles. The summed E-state index contributed by atoms with van der Waals surface area (Å²) in [5, 5.41) is 25.3. The number of unbranched alkanes of at least 4 members (excludes halogenated alkanes) is 7. The average molecular weight is 997 g/mol. The van der Waals surface area contributed by atoms with Gasteiger partial charge in [-0.1, -0.05) is 62.2 Å². The highest BCUT2D eigenvalue weighted by Gasteiger charge is 2.15. The fraction of sp³-hybridized carbons (Fsp3) is 0.444. The molecule has 0 aliphatic heterocycles. The van der Waals surface area contributed by atoms with Gasteiger partial charge in [-0.3, -0.25) is 15.0 Å². The Balaban J connectivity index is 0.000000232. The minimum atomic E-state index is -3.08. The summed E-state index contributed by atoms with van der Waals surface area (Å²) in [6.45, 7) is 12.8. The van der Waals surface area contributed by atoms with Gasteiger partial charge in [0.1, 0.15) is 39.4 Å². The van der Waals surface area contributed by atoms with Crippen LogP contribution in [0, 0.1) is 0 Å². The van der Waals surface area contributed by atoms with Crippen molar-refractivity contribution >= 4 is 65.9 Å². The minimum Gasteiger partial charge on any atom is -0.513 e. The first kappa shape index (κ1) is 57.0. The van der Waals surface area contributed by atoms with Crippen LogP contribution in [0.25, 0.3) is 32.7 Å². The molecule has 0 aliphatic carbocycles. The summed E-state index contributed by atoms with van der Waals surface area (Å²) in [6, 6.07) is 23.7. The van der Waals surface area contributed by atoms with Crippen molar-refractivity contribution in [2.75, 3.05) is 76.3 Å². The number of aliphatic hydroxyl groups excluding tert-OH is 1. The Kier molecular flexibility index (Phi) is 24.3. The number of benzene rings is 3. The van der Waals surface area contributed by atoms with Crippen molar-refractivity contribution in [1.29, 1.82) is 0 Å². The number of para-hydroxylation sites is 3. The number of rotatable bonds is 26. The lowest BCUT2D eigenvalue weighted by Gasteiger charge is -2.19. The normalized spacial score (nSPS) is 11.1. The quantitative estimate of drug-likeness (QED) is 0.0221. The number of carbonyl (C=O) groups is 1. The zero-order valence-electron chi connectivity index (χ0n) is 42.7. The standard InChI is InChI=1S/C20H29N3O3.C18H24N2O2.C16H23N3O3S/c1-20(2,3)26-19(24)23-13-7-5-6-12-21-16-11-14-22-18-15(16)9-8-10-17(18)25-4;1-14(21)8-5-3-4-6-12-19-16-11-13-20-18-15(16)9-7-10-17(18)22-2;1-22-15-8-6-7-13-14(9-12-18-16(13)15)17-10-4-3-5-11-19-23(2,20)21/h8-11,14H,5-7,12-13H2,1-4H3,(H,21,22)(H,23,24);7,9-11,13,21H,1,3-6,8,12H2,2H3,(H,19,20);6-9,12,19H,3-5,10-11H2,1-2H3,(H,17,18). The Morgan fingerprint density at radius 2 is 0.930 bits per heavy atom. The van der Waals surface area contributed by atoms with Gasteiger partial charge in [0.15, 0.2) is 0 Å². The second-order valence-electron chi connectivity index (χ2n) is 17.9. The van der Waals surface area contributed by atoms with E-state index in [0.717, 1.165) is 151 Å². The van der Waals surface area contributed by atoms with Crippen LogP contribution >= 0.6 is 0 Å². The van der Waals surface area contributed by atoms with Gasteiger partial charge in [-0.2, -0.15) is 0 Å². The molecule has 0 saturated heterocycles. The number of anilines is 3. The maximum Gasteiger partial charge on any atom is 0.407 e. The molecule has 0 aliphatic rings. The van der Waals surface area contributed by atoms with Crippen molar-refractivity contribution in [1.82, 2.24) is 25.0 Å². The number of nitrogens with zero attached hydrogens (tertiary/aromatic N) is 3. The first-order chi connectivity index (χ1) is 34.1. The molecule has 3 aromatic heterocycles. The molecule has 0 radical (unpaired) electrons. The van der Waals surface area contributed by atoms with E-state index >= 15 is 0 Å². The van der Waals surface area contributed by atoms with Crippen LogP contribution in [-0.4, -0.2) is 100 Å². The Bertz CT molecular complexity index is 2680. The number of allylic oxidation sites excluding steroid dienone is 1. The molecular weight excluding hydrogens is 921 g/mol. The van der Waals surface area contributed by atoms with Gasteiger partial charge in [0.05, 0.1) is 33.3 Å². The number of hydrogen-bond acceptors (Lipinski definition) is 14. The molecule has 6 aromatic rings. The van der Waals surface area contributed by atoms with Crippen LogP contribution in [0.15, 0.2) is 104 Å². The molecule has 1 amide bonds. The van der Waals surface area contributed by atoms with Crippen molar-refractivity contribution in [2.24, 2.45) is 0 Å². The molecule has 6 N–H and O–H groups in total. The Morgan fingerprint density at radius 1 is 0.563 bits per heavy atom. The van der Waals surface area contributed by atoms with E-state index < -0.39 is 15.6 Å². The van der Waals surface area contributed by atoms with Crippen molar-refractivity contribution in [2.45, 2.75) is 97.0 Å². The van der Waals surface area contributed by atoms with Crippen LogP contribution in [0.3, 0.4) is 0 Å². The highest BCUT2D eigenvalue weighted by molar-refractivity contribution is 7.88. The number of aromatic nitrogens is 3. The third kappa shape index (κ3) is 20.7. The zero-order valence-corrected chi connectivity index (χ0v) is 43.6. The summed E-state index contributed by atoms with van der Waals surface area (Å²) in [5.74, 6) is 2.62. The van der Waals surface area contributed by atoms with E-state index in [-0.39, 0.29) is 11.9 Å².